The van der Waals surface area contributed by atoms with E-state index in [2.05, 4.69) is 15.6 Å². The number of carbonyl (C=O) groups is 2. The monoisotopic (exact) mass is 420 g/mol. The molecule has 2 heterocycles. The molecule has 1 aliphatic rings. The highest BCUT2D eigenvalue weighted by atomic mass is 19.4. The molecule has 6 nitrogen and oxygen atoms in total. The van der Waals surface area contributed by atoms with Gasteiger partial charge < -0.3 is 15.5 Å². The van der Waals surface area contributed by atoms with Crippen molar-refractivity contribution < 1.29 is 22.8 Å². The van der Waals surface area contributed by atoms with Gasteiger partial charge in [0, 0.05) is 44.4 Å². The summed E-state index contributed by atoms with van der Waals surface area (Å²) in [6, 6.07) is 9.42. The Morgan fingerprint density at radius 2 is 1.77 bits per heavy atom. The molecule has 0 unspecified atom stereocenters. The molecule has 0 aliphatic carbocycles. The van der Waals surface area contributed by atoms with Crippen molar-refractivity contribution in [1.82, 2.24) is 15.6 Å². The second kappa shape index (κ2) is 9.15. The first-order chi connectivity index (χ1) is 14.2. The summed E-state index contributed by atoms with van der Waals surface area (Å²) >= 11 is 0. The lowest BCUT2D eigenvalue weighted by Crippen LogP contribution is -2.45. The molecular formula is C21H23F3N4O2. The summed E-state index contributed by atoms with van der Waals surface area (Å²) in [4.78, 5) is 29.3. The maximum atomic E-state index is 12.7. The number of hydrogen-bond acceptors (Lipinski definition) is 4. The van der Waals surface area contributed by atoms with Crippen molar-refractivity contribution in [1.29, 1.82) is 0 Å². The van der Waals surface area contributed by atoms with Gasteiger partial charge in [-0.05, 0) is 42.7 Å². The number of halogens is 3. The Kier molecular flexibility index (Phi) is 6.59. The summed E-state index contributed by atoms with van der Waals surface area (Å²) in [7, 11) is 0. The number of carbonyl (C=O) groups excluding carboxylic acids is 2. The molecule has 2 aromatic rings. The van der Waals surface area contributed by atoms with Crippen molar-refractivity contribution in [3.63, 3.8) is 0 Å². The zero-order chi connectivity index (χ0) is 21.7. The number of nitrogens with zero attached hydrogens (tertiary/aromatic N) is 2. The molecule has 1 saturated heterocycles. The third-order valence-electron chi connectivity index (χ3n) is 4.99. The number of amides is 2. The molecule has 3 rings (SSSR count). The minimum atomic E-state index is -4.40. The number of anilines is 1. The molecule has 0 radical (unpaired) electrons. The highest BCUT2D eigenvalue weighted by molar-refractivity contribution is 5.94. The summed E-state index contributed by atoms with van der Waals surface area (Å²) in [6.07, 6.45) is -2.20. The van der Waals surface area contributed by atoms with Gasteiger partial charge in [-0.1, -0.05) is 12.1 Å². The second-order valence-corrected chi connectivity index (χ2v) is 7.24. The largest absolute Gasteiger partial charge is 0.417 e. The lowest BCUT2D eigenvalue weighted by atomic mass is 10.0. The van der Waals surface area contributed by atoms with Crippen LogP contribution in [0.25, 0.3) is 0 Å². The highest BCUT2D eigenvalue weighted by Gasteiger charge is 2.31. The first-order valence-electron chi connectivity index (χ1n) is 9.65. The molecule has 0 bridgehead atoms. The molecule has 0 atom stereocenters. The van der Waals surface area contributed by atoms with Gasteiger partial charge in [-0.15, -0.1) is 0 Å². The van der Waals surface area contributed by atoms with E-state index in [9.17, 15) is 22.8 Å². The summed E-state index contributed by atoms with van der Waals surface area (Å²) in [6.45, 7) is 3.05. The van der Waals surface area contributed by atoms with Crippen LogP contribution in [-0.4, -0.2) is 35.9 Å². The van der Waals surface area contributed by atoms with Gasteiger partial charge in [-0.25, -0.2) is 4.98 Å². The van der Waals surface area contributed by atoms with Crippen LogP contribution in [0.1, 0.15) is 41.3 Å². The van der Waals surface area contributed by atoms with Crippen LogP contribution in [0.2, 0.25) is 0 Å². The van der Waals surface area contributed by atoms with Crippen LogP contribution in [-0.2, 0) is 17.5 Å². The number of aromatic nitrogens is 1. The summed E-state index contributed by atoms with van der Waals surface area (Å²) in [5.41, 5.74) is 0.670. The number of alkyl halides is 3. The zero-order valence-corrected chi connectivity index (χ0v) is 16.5. The standard InChI is InChI=1S/C21H23F3N4O2/c1-14(29)25-12-15-2-4-16(5-3-15)20(30)27-18-8-10-28(11-9-18)19-7-6-17(13-26-19)21(22,23)24/h2-7,13,18H,8-12H2,1H3,(H,25,29)(H,27,30). The Morgan fingerprint density at radius 1 is 1.10 bits per heavy atom. The van der Waals surface area contributed by atoms with Crippen LogP contribution < -0.4 is 15.5 Å². The molecular weight excluding hydrogens is 397 g/mol. The molecule has 1 aliphatic heterocycles. The van der Waals surface area contributed by atoms with Crippen LogP contribution in [0.3, 0.4) is 0 Å². The van der Waals surface area contributed by atoms with E-state index in [1.807, 2.05) is 4.90 Å². The number of hydrogen-bond donors (Lipinski definition) is 2. The van der Waals surface area contributed by atoms with E-state index in [1.54, 1.807) is 24.3 Å². The van der Waals surface area contributed by atoms with Gasteiger partial charge in [0.05, 0.1) is 5.56 Å². The molecule has 0 spiro atoms. The van der Waals surface area contributed by atoms with E-state index < -0.39 is 11.7 Å². The molecule has 2 N–H and O–H groups in total. The molecule has 1 aromatic heterocycles. The van der Waals surface area contributed by atoms with Gasteiger partial charge in [0.2, 0.25) is 5.91 Å². The third-order valence-corrected chi connectivity index (χ3v) is 4.99. The number of rotatable bonds is 5. The molecule has 160 valence electrons. The fraction of sp³-hybridized carbons (Fsp3) is 0.381. The smallest absolute Gasteiger partial charge is 0.356 e. The second-order valence-electron chi connectivity index (χ2n) is 7.24. The molecule has 1 aromatic carbocycles. The van der Waals surface area contributed by atoms with Gasteiger partial charge in [-0.2, -0.15) is 13.2 Å². The number of piperidine rings is 1. The third kappa shape index (κ3) is 5.71. The van der Waals surface area contributed by atoms with Gasteiger partial charge >= 0.3 is 6.18 Å². The topological polar surface area (TPSA) is 74.3 Å². The summed E-state index contributed by atoms with van der Waals surface area (Å²) in [5.74, 6) is 0.212. The summed E-state index contributed by atoms with van der Waals surface area (Å²) in [5, 5.41) is 5.70. The fourth-order valence-corrected chi connectivity index (χ4v) is 3.26. The SMILES string of the molecule is CC(=O)NCc1ccc(C(=O)NC2CCN(c3ccc(C(F)(F)F)cn3)CC2)cc1. The minimum absolute atomic E-state index is 0.0118. The average molecular weight is 420 g/mol. The van der Waals surface area contributed by atoms with E-state index in [4.69, 9.17) is 0 Å². The van der Waals surface area contributed by atoms with E-state index in [-0.39, 0.29) is 17.9 Å². The van der Waals surface area contributed by atoms with Gasteiger partial charge in [0.25, 0.3) is 5.91 Å². The van der Waals surface area contributed by atoms with Crippen molar-refractivity contribution in [2.45, 2.75) is 38.5 Å². The zero-order valence-electron chi connectivity index (χ0n) is 16.5. The van der Waals surface area contributed by atoms with Gasteiger partial charge in [-0.3, -0.25) is 9.59 Å². The maximum Gasteiger partial charge on any atom is 0.417 e. The molecule has 2 amide bonds. The quantitative estimate of drug-likeness (QED) is 0.780. The van der Waals surface area contributed by atoms with E-state index in [0.29, 0.717) is 43.9 Å². The minimum Gasteiger partial charge on any atom is -0.356 e. The first kappa shape index (κ1) is 21.6. The first-order valence-corrected chi connectivity index (χ1v) is 9.65. The van der Waals surface area contributed by atoms with Crippen LogP contribution in [0.5, 0.6) is 0 Å². The molecule has 9 heteroatoms. The predicted molar refractivity (Wildman–Crippen MR) is 106 cm³/mol. The number of pyridine rings is 1. The normalized spacial score (nSPS) is 15.0. The maximum absolute atomic E-state index is 12.7. The lowest BCUT2D eigenvalue weighted by molar-refractivity contribution is -0.137. The Labute approximate surface area is 172 Å². The van der Waals surface area contributed by atoms with E-state index in [1.165, 1.54) is 13.0 Å². The molecule has 30 heavy (non-hydrogen) atoms. The van der Waals surface area contributed by atoms with Crippen molar-refractivity contribution in [3.05, 3.63) is 59.3 Å². The van der Waals surface area contributed by atoms with Crippen molar-refractivity contribution >= 4 is 17.6 Å². The fourth-order valence-electron chi connectivity index (χ4n) is 3.26. The Hall–Kier alpha value is -3.10. The Balaban J connectivity index is 1.49. The van der Waals surface area contributed by atoms with Crippen LogP contribution in [0, 0.1) is 0 Å². The lowest BCUT2D eigenvalue weighted by Gasteiger charge is -2.33. The van der Waals surface area contributed by atoms with Gasteiger partial charge in [0.15, 0.2) is 0 Å². The molecule has 0 saturated carbocycles. The average Bonchev–Trinajstić information content (AvgIpc) is 2.72. The van der Waals surface area contributed by atoms with E-state index in [0.717, 1.165) is 17.8 Å². The van der Waals surface area contributed by atoms with E-state index >= 15 is 0 Å². The van der Waals surface area contributed by atoms with Crippen LogP contribution >= 0.6 is 0 Å². The summed E-state index contributed by atoms with van der Waals surface area (Å²) < 4.78 is 38.0. The van der Waals surface area contributed by atoms with Crippen molar-refractivity contribution in [3.8, 4) is 0 Å². The highest BCUT2D eigenvalue weighted by Crippen LogP contribution is 2.29. The Bertz CT molecular complexity index is 875. The number of nitrogens with one attached hydrogen (secondary N) is 2. The van der Waals surface area contributed by atoms with Crippen LogP contribution in [0.15, 0.2) is 42.6 Å². The van der Waals surface area contributed by atoms with Gasteiger partial charge in [0.1, 0.15) is 5.82 Å². The molecule has 1 fully saturated rings. The van der Waals surface area contributed by atoms with Crippen molar-refractivity contribution in [2.75, 3.05) is 18.0 Å². The number of benzene rings is 1. The van der Waals surface area contributed by atoms with Crippen molar-refractivity contribution in [2.24, 2.45) is 0 Å². The Morgan fingerprint density at radius 3 is 2.30 bits per heavy atom. The van der Waals surface area contributed by atoms with Crippen LogP contribution in [0.4, 0.5) is 19.0 Å². The predicted octanol–water partition coefficient (Wildman–Crippen LogP) is 3.14.